The zero-order valence-electron chi connectivity index (χ0n) is 11.8. The number of nitrogens with zero attached hydrogens (tertiary/aromatic N) is 1. The van der Waals surface area contributed by atoms with Crippen LogP contribution in [0.25, 0.3) is 0 Å². The number of aromatic hydroxyl groups is 2. The molecule has 1 aliphatic heterocycles. The molecule has 108 valence electrons. The van der Waals surface area contributed by atoms with Crippen LogP contribution in [0, 0.1) is 0 Å². The van der Waals surface area contributed by atoms with Gasteiger partial charge in [0.25, 0.3) is 0 Å². The number of allylic oxidation sites excluding steroid dienone is 1. The van der Waals surface area contributed by atoms with Crippen molar-refractivity contribution in [3.05, 3.63) is 23.8 Å². The van der Waals surface area contributed by atoms with Crippen molar-refractivity contribution in [2.45, 2.75) is 62.7 Å². The molecule has 4 nitrogen and oxygen atoms in total. The molecule has 1 aromatic heterocycles. The van der Waals surface area contributed by atoms with E-state index in [2.05, 4.69) is 13.5 Å². The van der Waals surface area contributed by atoms with Gasteiger partial charge in [-0.3, -0.25) is 4.57 Å². The average molecular weight is 275 g/mol. The van der Waals surface area contributed by atoms with Gasteiger partial charge in [-0.1, -0.05) is 25.8 Å². The lowest BCUT2D eigenvalue weighted by atomic mass is 9.82. The predicted molar refractivity (Wildman–Crippen MR) is 75.2 cm³/mol. The van der Waals surface area contributed by atoms with Crippen molar-refractivity contribution in [3.8, 4) is 11.8 Å². The molecule has 2 fully saturated rings. The van der Waals surface area contributed by atoms with Crippen molar-refractivity contribution in [3.63, 3.8) is 0 Å². The molecule has 0 aromatic carbocycles. The molecule has 0 amide bonds. The Bertz CT molecular complexity index is 591. The highest BCUT2D eigenvalue weighted by Crippen LogP contribution is 2.73. The third-order valence-corrected chi connectivity index (χ3v) is 5.45. The number of aromatic nitrogens is 1. The zero-order chi connectivity index (χ0) is 14.1. The van der Waals surface area contributed by atoms with E-state index in [-0.39, 0.29) is 35.3 Å². The molecule has 0 radical (unpaired) electrons. The first-order valence-electron chi connectivity index (χ1n) is 7.58. The summed E-state index contributed by atoms with van der Waals surface area (Å²) in [6.45, 7) is 6.32. The molecule has 1 aromatic rings. The smallest absolute Gasteiger partial charge is 0.198 e. The maximum absolute atomic E-state index is 10.5. The van der Waals surface area contributed by atoms with Gasteiger partial charge in [0.2, 0.25) is 0 Å². The number of fused-ring (bicyclic) bond motifs is 8. The second-order valence-electron chi connectivity index (χ2n) is 6.37. The first-order valence-corrected chi connectivity index (χ1v) is 7.58. The maximum Gasteiger partial charge on any atom is 0.198 e. The molecule has 3 aliphatic rings. The lowest BCUT2D eigenvalue weighted by Gasteiger charge is -2.19. The van der Waals surface area contributed by atoms with Gasteiger partial charge in [0.05, 0.1) is 6.10 Å². The fourth-order valence-electron chi connectivity index (χ4n) is 4.59. The van der Waals surface area contributed by atoms with Crippen molar-refractivity contribution in [1.82, 2.24) is 4.57 Å². The topological polar surface area (TPSA) is 57.9 Å². The standard InChI is InChI=1S/C16H21NO3/c1-3-5-6-16-10-8-9(13(16)20-16)11-12(10)15(19)17(7-4-2)14(11)18/h4,9-10,13,18-19H,2-3,5-8H2,1H3. The fraction of sp³-hybridized carbons (Fsp3) is 0.625. The van der Waals surface area contributed by atoms with Gasteiger partial charge in [0.15, 0.2) is 11.8 Å². The van der Waals surface area contributed by atoms with Gasteiger partial charge in [0, 0.05) is 29.5 Å². The molecule has 0 spiro atoms. The van der Waals surface area contributed by atoms with Gasteiger partial charge in [-0.15, -0.1) is 6.58 Å². The van der Waals surface area contributed by atoms with Gasteiger partial charge >= 0.3 is 0 Å². The van der Waals surface area contributed by atoms with Crippen LogP contribution < -0.4 is 0 Å². The lowest BCUT2D eigenvalue weighted by Crippen LogP contribution is -2.22. The molecule has 2 N–H and O–H groups in total. The lowest BCUT2D eigenvalue weighted by molar-refractivity contribution is 0.211. The summed E-state index contributed by atoms with van der Waals surface area (Å²) in [5.41, 5.74) is 1.83. The second kappa shape index (κ2) is 3.82. The molecule has 2 aliphatic carbocycles. The zero-order valence-corrected chi connectivity index (χ0v) is 11.8. The molecular weight excluding hydrogens is 254 g/mol. The molecule has 20 heavy (non-hydrogen) atoms. The van der Waals surface area contributed by atoms with Crippen molar-refractivity contribution in [1.29, 1.82) is 0 Å². The quantitative estimate of drug-likeness (QED) is 0.641. The van der Waals surface area contributed by atoms with E-state index in [0.29, 0.717) is 6.54 Å². The number of rotatable bonds is 5. The molecule has 2 bridgehead atoms. The predicted octanol–water partition coefficient (Wildman–Crippen LogP) is 3.00. The van der Waals surface area contributed by atoms with Crippen molar-refractivity contribution < 1.29 is 14.9 Å². The monoisotopic (exact) mass is 275 g/mol. The minimum absolute atomic E-state index is 0.0437. The van der Waals surface area contributed by atoms with Crippen LogP contribution in [0.4, 0.5) is 0 Å². The molecule has 4 unspecified atom stereocenters. The Kier molecular flexibility index (Phi) is 2.35. The van der Waals surface area contributed by atoms with Crippen LogP contribution in [0.15, 0.2) is 12.7 Å². The normalized spacial score (nSPS) is 36.0. The Morgan fingerprint density at radius 2 is 2.15 bits per heavy atom. The largest absolute Gasteiger partial charge is 0.494 e. The van der Waals surface area contributed by atoms with Gasteiger partial charge < -0.3 is 14.9 Å². The number of ether oxygens (including phenoxy) is 1. The SMILES string of the molecule is C=CCn1c(O)c2c(c1O)C1CC2C2OC12CCCC. The molecular formula is C16H21NO3. The van der Waals surface area contributed by atoms with E-state index in [4.69, 9.17) is 4.74 Å². The average Bonchev–Trinajstić information content (AvgIpc) is 2.85. The summed E-state index contributed by atoms with van der Waals surface area (Å²) in [5, 5.41) is 20.8. The molecule has 4 rings (SSSR count). The van der Waals surface area contributed by atoms with Crippen LogP contribution >= 0.6 is 0 Å². The molecule has 1 saturated carbocycles. The third kappa shape index (κ3) is 1.21. The first kappa shape index (κ1) is 12.3. The van der Waals surface area contributed by atoms with Gasteiger partial charge in [-0.05, 0) is 12.8 Å². The molecule has 4 heteroatoms. The van der Waals surface area contributed by atoms with Gasteiger partial charge in [-0.2, -0.15) is 0 Å². The first-order chi connectivity index (χ1) is 9.65. The Labute approximate surface area is 118 Å². The van der Waals surface area contributed by atoms with Crippen LogP contribution in [0.1, 0.15) is 55.6 Å². The van der Waals surface area contributed by atoms with Crippen LogP contribution in [-0.4, -0.2) is 26.5 Å². The van der Waals surface area contributed by atoms with Crippen LogP contribution in [-0.2, 0) is 11.3 Å². The van der Waals surface area contributed by atoms with Crippen LogP contribution in [0.2, 0.25) is 0 Å². The highest BCUT2D eigenvalue weighted by atomic mass is 16.6. The van der Waals surface area contributed by atoms with Gasteiger partial charge in [-0.25, -0.2) is 0 Å². The van der Waals surface area contributed by atoms with E-state index >= 15 is 0 Å². The van der Waals surface area contributed by atoms with Crippen LogP contribution in [0.3, 0.4) is 0 Å². The Morgan fingerprint density at radius 1 is 1.40 bits per heavy atom. The summed E-state index contributed by atoms with van der Waals surface area (Å²) >= 11 is 0. The fourth-order valence-corrected chi connectivity index (χ4v) is 4.59. The molecule has 2 heterocycles. The number of epoxide rings is 1. The minimum atomic E-state index is -0.0437. The van der Waals surface area contributed by atoms with E-state index in [0.717, 1.165) is 36.8 Å². The van der Waals surface area contributed by atoms with Crippen molar-refractivity contribution in [2.75, 3.05) is 0 Å². The number of unbranched alkanes of at least 4 members (excludes halogenated alkanes) is 1. The van der Waals surface area contributed by atoms with E-state index in [1.54, 1.807) is 10.6 Å². The summed E-state index contributed by atoms with van der Waals surface area (Å²) in [7, 11) is 0. The number of hydrogen-bond donors (Lipinski definition) is 2. The Balaban J connectivity index is 1.76. The number of hydrogen-bond acceptors (Lipinski definition) is 3. The Morgan fingerprint density at radius 3 is 2.85 bits per heavy atom. The van der Waals surface area contributed by atoms with E-state index in [1.165, 1.54) is 0 Å². The summed E-state index contributed by atoms with van der Waals surface area (Å²) in [6.07, 6.45) is 6.37. The summed E-state index contributed by atoms with van der Waals surface area (Å²) in [5.74, 6) is 0.957. The minimum Gasteiger partial charge on any atom is -0.494 e. The van der Waals surface area contributed by atoms with Gasteiger partial charge in [0.1, 0.15) is 5.60 Å². The molecule has 4 atom stereocenters. The third-order valence-electron chi connectivity index (χ3n) is 5.45. The van der Waals surface area contributed by atoms with E-state index in [1.807, 2.05) is 0 Å². The highest BCUT2D eigenvalue weighted by molar-refractivity contribution is 5.60. The van der Waals surface area contributed by atoms with Crippen LogP contribution in [0.5, 0.6) is 11.8 Å². The summed E-state index contributed by atoms with van der Waals surface area (Å²) < 4.78 is 7.59. The maximum atomic E-state index is 10.5. The molecule has 1 saturated heterocycles. The van der Waals surface area contributed by atoms with E-state index in [9.17, 15) is 10.2 Å². The highest BCUT2D eigenvalue weighted by Gasteiger charge is 2.74. The van der Waals surface area contributed by atoms with Crippen molar-refractivity contribution >= 4 is 0 Å². The second-order valence-corrected chi connectivity index (χ2v) is 6.37. The summed E-state index contributed by atoms with van der Waals surface area (Å²) in [6, 6.07) is 0. The Hall–Kier alpha value is -1.42. The van der Waals surface area contributed by atoms with Crippen molar-refractivity contribution in [2.24, 2.45) is 0 Å². The van der Waals surface area contributed by atoms with E-state index < -0.39 is 0 Å². The summed E-state index contributed by atoms with van der Waals surface area (Å²) in [4.78, 5) is 0.